The van der Waals surface area contributed by atoms with Crippen molar-refractivity contribution in [1.29, 1.82) is 0 Å². The van der Waals surface area contributed by atoms with Crippen LogP contribution >= 0.6 is 24.0 Å². The van der Waals surface area contributed by atoms with Crippen LogP contribution in [-0.4, -0.2) is 47.6 Å². The molecule has 0 spiro atoms. The second-order valence-corrected chi connectivity index (χ2v) is 6.94. The van der Waals surface area contributed by atoms with Crippen molar-refractivity contribution in [1.82, 2.24) is 40.2 Å². The van der Waals surface area contributed by atoms with Crippen molar-refractivity contribution in [2.75, 3.05) is 0 Å². The maximum Gasteiger partial charge on any atom is 0.192 e. The zero-order chi connectivity index (χ0) is 17.4. The molecular formula is C16H26IN9. The minimum Gasteiger partial charge on any atom is -0.354 e. The highest BCUT2D eigenvalue weighted by Crippen LogP contribution is 2.19. The summed E-state index contributed by atoms with van der Waals surface area (Å²) in [5.41, 5.74) is 0. The average molecular weight is 471 g/mol. The molecule has 2 aromatic rings. The second-order valence-electron chi connectivity index (χ2n) is 6.94. The normalized spacial score (nSPS) is 19.7. The largest absolute Gasteiger partial charge is 0.354 e. The van der Waals surface area contributed by atoms with Gasteiger partial charge >= 0.3 is 0 Å². The lowest BCUT2D eigenvalue weighted by Gasteiger charge is -2.25. The van der Waals surface area contributed by atoms with Crippen molar-refractivity contribution in [3.8, 4) is 0 Å². The molecule has 3 heterocycles. The van der Waals surface area contributed by atoms with E-state index in [9.17, 15) is 0 Å². The first-order chi connectivity index (χ1) is 12.1. The number of fused-ring (bicyclic) bond motifs is 1. The van der Waals surface area contributed by atoms with Gasteiger partial charge < -0.3 is 15.2 Å². The van der Waals surface area contributed by atoms with Crippen LogP contribution in [0.15, 0.2) is 4.99 Å². The zero-order valence-electron chi connectivity index (χ0n) is 15.4. The summed E-state index contributed by atoms with van der Waals surface area (Å²) >= 11 is 0. The van der Waals surface area contributed by atoms with E-state index in [1.807, 2.05) is 30.1 Å². The summed E-state index contributed by atoms with van der Waals surface area (Å²) in [7, 11) is 1.97. The molecular weight excluding hydrogens is 445 g/mol. The van der Waals surface area contributed by atoms with Gasteiger partial charge in [0.2, 0.25) is 0 Å². The van der Waals surface area contributed by atoms with Gasteiger partial charge in [0.05, 0.1) is 6.54 Å². The van der Waals surface area contributed by atoms with Crippen LogP contribution in [0.5, 0.6) is 0 Å². The van der Waals surface area contributed by atoms with Crippen LogP contribution in [0.1, 0.15) is 42.6 Å². The third-order valence-corrected chi connectivity index (χ3v) is 4.78. The lowest BCUT2D eigenvalue weighted by atomic mass is 10.1. The second kappa shape index (κ2) is 7.89. The molecule has 142 valence electrons. The number of nitrogens with one attached hydrogen (secondary N) is 2. The van der Waals surface area contributed by atoms with E-state index >= 15 is 0 Å². The molecule has 0 aromatic carbocycles. The van der Waals surface area contributed by atoms with E-state index in [1.165, 1.54) is 12.8 Å². The van der Waals surface area contributed by atoms with Gasteiger partial charge in [-0.3, -0.25) is 0 Å². The van der Waals surface area contributed by atoms with E-state index < -0.39 is 0 Å². The number of nitrogens with zero attached hydrogens (tertiary/aromatic N) is 7. The highest BCUT2D eigenvalue weighted by molar-refractivity contribution is 14.0. The minimum atomic E-state index is 0. The number of guanidine groups is 1. The monoisotopic (exact) mass is 471 g/mol. The summed E-state index contributed by atoms with van der Waals surface area (Å²) in [6.45, 7) is 5.23. The number of rotatable bonds is 4. The van der Waals surface area contributed by atoms with Crippen molar-refractivity contribution >= 4 is 29.9 Å². The zero-order valence-corrected chi connectivity index (χ0v) is 17.8. The fraction of sp³-hybridized carbons (Fsp3) is 0.688. The summed E-state index contributed by atoms with van der Waals surface area (Å²) in [6.07, 6.45) is 4.39. The Labute approximate surface area is 170 Å². The summed E-state index contributed by atoms with van der Waals surface area (Å²) < 4.78 is 3.99. The molecule has 1 fully saturated rings. The Hall–Kier alpha value is -1.72. The molecule has 1 atom stereocenters. The number of halogens is 1. The number of aliphatic imine (C=N–C) groups is 1. The molecule has 1 aliphatic heterocycles. The van der Waals surface area contributed by atoms with Crippen LogP contribution in [0.3, 0.4) is 0 Å². The number of hydrogen-bond donors (Lipinski definition) is 2. The molecule has 1 saturated carbocycles. The van der Waals surface area contributed by atoms with Crippen LogP contribution in [0, 0.1) is 13.8 Å². The van der Waals surface area contributed by atoms with Gasteiger partial charge in [-0.1, -0.05) is 0 Å². The van der Waals surface area contributed by atoms with Gasteiger partial charge in [-0.2, -0.15) is 5.10 Å². The van der Waals surface area contributed by atoms with Gasteiger partial charge in [-0.15, -0.1) is 34.2 Å². The molecule has 1 unspecified atom stereocenters. The third kappa shape index (κ3) is 4.33. The van der Waals surface area contributed by atoms with Gasteiger partial charge in [0.15, 0.2) is 11.8 Å². The molecule has 1 aliphatic carbocycles. The van der Waals surface area contributed by atoms with Crippen molar-refractivity contribution in [3.05, 3.63) is 23.3 Å². The SMILES string of the molecule is Cc1nc2n(n1)CC(NC(=NCc1nnc(C)n1C)NC1CC1)CC2.I. The summed E-state index contributed by atoms with van der Waals surface area (Å²) in [5.74, 6) is 4.55. The van der Waals surface area contributed by atoms with Crippen molar-refractivity contribution in [2.24, 2.45) is 12.0 Å². The third-order valence-electron chi connectivity index (χ3n) is 4.78. The van der Waals surface area contributed by atoms with Crippen molar-refractivity contribution in [3.63, 3.8) is 0 Å². The van der Waals surface area contributed by atoms with Gasteiger partial charge in [0, 0.05) is 25.6 Å². The van der Waals surface area contributed by atoms with Gasteiger partial charge in [-0.25, -0.2) is 14.7 Å². The van der Waals surface area contributed by atoms with Crippen LogP contribution < -0.4 is 10.6 Å². The average Bonchev–Trinajstić information content (AvgIpc) is 3.24. The fourth-order valence-electron chi connectivity index (χ4n) is 3.04. The Kier molecular flexibility index (Phi) is 5.78. The van der Waals surface area contributed by atoms with Gasteiger partial charge in [-0.05, 0) is 33.1 Å². The predicted molar refractivity (Wildman–Crippen MR) is 108 cm³/mol. The first-order valence-electron chi connectivity index (χ1n) is 8.91. The molecule has 0 amide bonds. The molecule has 9 nitrogen and oxygen atoms in total. The maximum absolute atomic E-state index is 4.73. The number of aromatic nitrogens is 6. The van der Waals surface area contributed by atoms with Gasteiger partial charge in [0.25, 0.3) is 0 Å². The molecule has 2 N–H and O–H groups in total. The Balaban J connectivity index is 0.00000196. The highest BCUT2D eigenvalue weighted by atomic mass is 127. The lowest BCUT2D eigenvalue weighted by molar-refractivity contribution is 0.392. The van der Waals surface area contributed by atoms with E-state index in [0.717, 1.165) is 48.6 Å². The van der Waals surface area contributed by atoms with E-state index in [1.54, 1.807) is 0 Å². The first-order valence-corrected chi connectivity index (χ1v) is 8.91. The Morgan fingerprint density at radius 2 is 1.92 bits per heavy atom. The molecule has 2 aliphatic rings. The lowest BCUT2D eigenvalue weighted by Crippen LogP contribution is -2.47. The molecule has 2 aromatic heterocycles. The first kappa shape index (κ1) is 19.1. The number of aryl methyl sites for hydroxylation is 3. The topological polar surface area (TPSA) is 97.8 Å². The van der Waals surface area contributed by atoms with Crippen LogP contribution in [0.2, 0.25) is 0 Å². The smallest absolute Gasteiger partial charge is 0.192 e. The molecule has 4 rings (SSSR count). The molecule has 0 bridgehead atoms. The Morgan fingerprint density at radius 1 is 1.15 bits per heavy atom. The van der Waals surface area contributed by atoms with E-state index in [0.29, 0.717) is 18.6 Å². The molecule has 10 heteroatoms. The standard InChI is InChI=1S/C16H25N9.HI/c1-10-18-14-7-6-13(9-25(14)23-10)20-16(19-12-4-5-12)17-8-15-22-21-11(2)24(15)3;/h12-13H,4-9H2,1-3H3,(H2,17,19,20);1H. The van der Waals surface area contributed by atoms with Crippen LogP contribution in [-0.2, 0) is 26.6 Å². The Morgan fingerprint density at radius 3 is 2.62 bits per heavy atom. The number of hydrogen-bond acceptors (Lipinski definition) is 5. The molecule has 0 saturated heterocycles. The quantitative estimate of drug-likeness (QED) is 0.390. The summed E-state index contributed by atoms with van der Waals surface area (Å²) in [4.78, 5) is 9.20. The summed E-state index contributed by atoms with van der Waals surface area (Å²) in [5, 5.41) is 19.8. The van der Waals surface area contributed by atoms with E-state index in [-0.39, 0.29) is 24.0 Å². The van der Waals surface area contributed by atoms with Crippen molar-refractivity contribution in [2.45, 2.75) is 64.7 Å². The summed E-state index contributed by atoms with van der Waals surface area (Å²) in [6, 6.07) is 0.847. The van der Waals surface area contributed by atoms with Gasteiger partial charge in [0.1, 0.15) is 24.0 Å². The van der Waals surface area contributed by atoms with Crippen LogP contribution in [0.25, 0.3) is 0 Å². The maximum atomic E-state index is 4.73. The molecule has 26 heavy (non-hydrogen) atoms. The van der Waals surface area contributed by atoms with Crippen LogP contribution in [0.4, 0.5) is 0 Å². The minimum absolute atomic E-state index is 0. The van der Waals surface area contributed by atoms with E-state index in [4.69, 9.17) is 4.99 Å². The van der Waals surface area contributed by atoms with E-state index in [2.05, 4.69) is 30.9 Å². The highest BCUT2D eigenvalue weighted by Gasteiger charge is 2.26. The molecule has 0 radical (unpaired) electrons. The van der Waals surface area contributed by atoms with Crippen molar-refractivity contribution < 1.29 is 0 Å². The fourth-order valence-corrected chi connectivity index (χ4v) is 3.04. The predicted octanol–water partition coefficient (Wildman–Crippen LogP) is 0.854. The Bertz CT molecular complexity index is 790.